The van der Waals surface area contributed by atoms with Crippen molar-refractivity contribution < 1.29 is 14.3 Å². The second kappa shape index (κ2) is 8.54. The zero-order valence-corrected chi connectivity index (χ0v) is 15.4. The molecule has 1 aliphatic heterocycles. The first kappa shape index (κ1) is 18.8. The van der Waals surface area contributed by atoms with Gasteiger partial charge in [0.2, 0.25) is 5.91 Å². The largest absolute Gasteiger partial charge is 0.444 e. The summed E-state index contributed by atoms with van der Waals surface area (Å²) in [6, 6.07) is 0. The van der Waals surface area contributed by atoms with Crippen molar-refractivity contribution in [3.05, 3.63) is 11.6 Å². The third-order valence-electron chi connectivity index (χ3n) is 4.57. The minimum Gasteiger partial charge on any atom is -0.444 e. The third-order valence-corrected chi connectivity index (χ3v) is 4.57. The number of rotatable bonds is 4. The molecule has 0 saturated carbocycles. The Morgan fingerprint density at radius 3 is 2.75 bits per heavy atom. The predicted molar refractivity (Wildman–Crippen MR) is 94.7 cm³/mol. The summed E-state index contributed by atoms with van der Waals surface area (Å²) in [6.45, 7) is 7.42. The molecule has 0 spiro atoms. The van der Waals surface area contributed by atoms with Gasteiger partial charge in [-0.05, 0) is 65.7 Å². The van der Waals surface area contributed by atoms with Crippen molar-refractivity contribution in [2.45, 2.75) is 71.3 Å². The first-order valence-electron chi connectivity index (χ1n) is 9.29. The van der Waals surface area contributed by atoms with Crippen molar-refractivity contribution in [2.75, 3.05) is 19.6 Å². The number of hydrogen-bond donors (Lipinski definition) is 1. The van der Waals surface area contributed by atoms with Crippen molar-refractivity contribution in [2.24, 2.45) is 5.92 Å². The summed E-state index contributed by atoms with van der Waals surface area (Å²) in [4.78, 5) is 26.2. The topological polar surface area (TPSA) is 58.6 Å². The molecular weight excluding hydrogens is 304 g/mol. The van der Waals surface area contributed by atoms with E-state index in [4.69, 9.17) is 4.74 Å². The van der Waals surface area contributed by atoms with E-state index in [0.29, 0.717) is 19.6 Å². The Morgan fingerprint density at radius 2 is 2.08 bits per heavy atom. The summed E-state index contributed by atoms with van der Waals surface area (Å²) in [5, 5.41) is 3.05. The molecule has 2 amide bonds. The lowest BCUT2D eigenvalue weighted by Crippen LogP contribution is -2.47. The van der Waals surface area contributed by atoms with Crippen LogP contribution in [-0.2, 0) is 9.53 Å². The minimum absolute atomic E-state index is 0.0691. The molecule has 136 valence electrons. The molecule has 0 unspecified atom stereocenters. The monoisotopic (exact) mass is 336 g/mol. The molecule has 0 aromatic heterocycles. The van der Waals surface area contributed by atoms with Gasteiger partial charge in [0, 0.05) is 19.6 Å². The van der Waals surface area contributed by atoms with Crippen LogP contribution in [-0.4, -0.2) is 42.1 Å². The quantitative estimate of drug-likeness (QED) is 0.797. The molecular formula is C19H32N2O3. The van der Waals surface area contributed by atoms with Crippen molar-refractivity contribution >= 4 is 12.0 Å². The average molecular weight is 336 g/mol. The lowest BCUT2D eigenvalue weighted by Gasteiger charge is -2.33. The average Bonchev–Trinajstić information content (AvgIpc) is 2.54. The van der Waals surface area contributed by atoms with Gasteiger partial charge in [0.05, 0.1) is 5.92 Å². The van der Waals surface area contributed by atoms with Crippen LogP contribution >= 0.6 is 0 Å². The van der Waals surface area contributed by atoms with Gasteiger partial charge in [0.15, 0.2) is 0 Å². The van der Waals surface area contributed by atoms with E-state index >= 15 is 0 Å². The van der Waals surface area contributed by atoms with Crippen molar-refractivity contribution in [1.29, 1.82) is 0 Å². The summed E-state index contributed by atoms with van der Waals surface area (Å²) >= 11 is 0. The van der Waals surface area contributed by atoms with E-state index < -0.39 is 5.60 Å². The summed E-state index contributed by atoms with van der Waals surface area (Å²) in [5.74, 6) is -0.0497. The smallest absolute Gasteiger partial charge is 0.410 e. The maximum Gasteiger partial charge on any atom is 0.410 e. The first-order valence-corrected chi connectivity index (χ1v) is 9.29. The Hall–Kier alpha value is -1.52. The Kier molecular flexibility index (Phi) is 6.69. The zero-order chi connectivity index (χ0) is 17.6. The Bertz CT molecular complexity index is 479. The maximum atomic E-state index is 12.4. The highest BCUT2D eigenvalue weighted by Crippen LogP contribution is 2.21. The van der Waals surface area contributed by atoms with Crippen LogP contribution in [0.2, 0.25) is 0 Å². The highest BCUT2D eigenvalue weighted by atomic mass is 16.6. The molecule has 5 nitrogen and oxygen atoms in total. The van der Waals surface area contributed by atoms with E-state index in [0.717, 1.165) is 19.3 Å². The molecule has 24 heavy (non-hydrogen) atoms. The molecule has 0 bridgehead atoms. The molecule has 1 atom stereocenters. The van der Waals surface area contributed by atoms with Crippen molar-refractivity contribution in [1.82, 2.24) is 10.2 Å². The molecule has 0 aromatic carbocycles. The molecule has 1 saturated heterocycles. The van der Waals surface area contributed by atoms with Crippen LogP contribution in [0.15, 0.2) is 11.6 Å². The van der Waals surface area contributed by atoms with Crippen molar-refractivity contribution in [3.63, 3.8) is 0 Å². The molecule has 1 N–H and O–H groups in total. The molecule has 2 rings (SSSR count). The van der Waals surface area contributed by atoms with Crippen LogP contribution in [0, 0.1) is 5.92 Å². The number of nitrogens with zero attached hydrogens (tertiary/aromatic N) is 1. The summed E-state index contributed by atoms with van der Waals surface area (Å²) in [5.41, 5.74) is 0.973. The fraction of sp³-hybridized carbons (Fsp3) is 0.789. The fourth-order valence-corrected chi connectivity index (χ4v) is 3.31. The number of carbonyl (C=O) groups is 2. The Morgan fingerprint density at radius 1 is 1.29 bits per heavy atom. The Labute approximate surface area is 145 Å². The second-order valence-electron chi connectivity index (χ2n) is 7.91. The highest BCUT2D eigenvalue weighted by Gasteiger charge is 2.30. The number of likely N-dealkylation sites (tertiary alicyclic amines) is 1. The van der Waals surface area contributed by atoms with E-state index in [-0.39, 0.29) is 17.9 Å². The number of allylic oxidation sites excluding steroid dienone is 1. The van der Waals surface area contributed by atoms with Gasteiger partial charge < -0.3 is 15.0 Å². The first-order chi connectivity index (χ1) is 11.3. The number of ether oxygens (including phenoxy) is 1. The zero-order valence-electron chi connectivity index (χ0n) is 15.4. The van der Waals surface area contributed by atoms with Gasteiger partial charge in [-0.15, -0.1) is 0 Å². The number of nitrogens with one attached hydrogen (secondary N) is 1. The summed E-state index contributed by atoms with van der Waals surface area (Å²) in [7, 11) is 0. The fourth-order valence-electron chi connectivity index (χ4n) is 3.31. The highest BCUT2D eigenvalue weighted by molar-refractivity contribution is 5.80. The molecule has 1 aliphatic carbocycles. The summed E-state index contributed by atoms with van der Waals surface area (Å²) in [6.07, 6.45) is 9.56. The van der Waals surface area contributed by atoms with Crippen LogP contribution < -0.4 is 5.32 Å². The summed E-state index contributed by atoms with van der Waals surface area (Å²) < 4.78 is 5.41. The van der Waals surface area contributed by atoms with Gasteiger partial charge in [-0.1, -0.05) is 11.6 Å². The van der Waals surface area contributed by atoms with E-state index in [9.17, 15) is 9.59 Å². The predicted octanol–water partition coefficient (Wildman–Crippen LogP) is 3.64. The van der Waals surface area contributed by atoms with E-state index in [1.807, 2.05) is 20.8 Å². The van der Waals surface area contributed by atoms with Crippen LogP contribution in [0.5, 0.6) is 0 Å². The van der Waals surface area contributed by atoms with Gasteiger partial charge >= 0.3 is 6.09 Å². The van der Waals surface area contributed by atoms with Gasteiger partial charge in [0.25, 0.3) is 0 Å². The lowest BCUT2D eigenvalue weighted by atomic mass is 9.96. The Balaban J connectivity index is 1.75. The number of piperidine rings is 1. The molecule has 0 aromatic rings. The standard InChI is InChI=1S/C19H32N2O3/c1-19(2,3)24-18(23)21-13-7-10-16(14-21)17(22)20-12-11-15-8-5-4-6-9-15/h8,16H,4-7,9-14H2,1-3H3,(H,20,22)/t16-/m0/s1. The minimum atomic E-state index is -0.500. The molecule has 2 aliphatic rings. The van der Waals surface area contributed by atoms with E-state index in [2.05, 4.69) is 11.4 Å². The molecule has 5 heteroatoms. The van der Waals surface area contributed by atoms with Crippen LogP contribution in [0.25, 0.3) is 0 Å². The SMILES string of the molecule is CC(C)(C)OC(=O)N1CCC[C@H](C(=O)NCCC2=CCCCC2)C1. The van der Waals surface area contributed by atoms with Gasteiger partial charge in [-0.25, -0.2) is 4.79 Å². The second-order valence-corrected chi connectivity index (χ2v) is 7.91. The normalized spacial score (nSPS) is 21.9. The van der Waals surface area contributed by atoms with E-state index in [1.165, 1.54) is 31.3 Å². The van der Waals surface area contributed by atoms with Crippen molar-refractivity contribution in [3.8, 4) is 0 Å². The van der Waals surface area contributed by atoms with Gasteiger partial charge in [-0.3, -0.25) is 4.79 Å². The molecule has 1 heterocycles. The number of amides is 2. The van der Waals surface area contributed by atoms with Crippen LogP contribution in [0.1, 0.15) is 65.7 Å². The number of hydrogen-bond acceptors (Lipinski definition) is 3. The van der Waals surface area contributed by atoms with E-state index in [1.54, 1.807) is 4.90 Å². The molecule has 0 radical (unpaired) electrons. The molecule has 1 fully saturated rings. The third kappa shape index (κ3) is 6.17. The maximum absolute atomic E-state index is 12.4. The van der Waals surface area contributed by atoms with Gasteiger partial charge in [-0.2, -0.15) is 0 Å². The lowest BCUT2D eigenvalue weighted by molar-refractivity contribution is -0.126. The van der Waals surface area contributed by atoms with Crippen LogP contribution in [0.3, 0.4) is 0 Å². The van der Waals surface area contributed by atoms with Crippen LogP contribution in [0.4, 0.5) is 4.79 Å². The number of carbonyl (C=O) groups excluding carboxylic acids is 2. The van der Waals surface area contributed by atoms with Gasteiger partial charge in [0.1, 0.15) is 5.60 Å².